The van der Waals surface area contributed by atoms with Gasteiger partial charge in [-0.3, -0.25) is 0 Å². The summed E-state index contributed by atoms with van der Waals surface area (Å²) in [5.41, 5.74) is 0. The third kappa shape index (κ3) is 4.22. The Labute approximate surface area is 113 Å². The summed E-state index contributed by atoms with van der Waals surface area (Å²) in [5, 5.41) is 3.70. The van der Waals surface area contributed by atoms with E-state index >= 15 is 0 Å². The third-order valence-corrected chi connectivity index (χ3v) is 4.56. The molecule has 2 fully saturated rings. The fourth-order valence-electron chi connectivity index (χ4n) is 3.42. The van der Waals surface area contributed by atoms with Gasteiger partial charge < -0.3 is 15.1 Å². The maximum atomic E-state index is 3.70. The molecular formula is C15H31N3. The van der Waals surface area contributed by atoms with Gasteiger partial charge in [0.1, 0.15) is 0 Å². The second-order valence-electron chi connectivity index (χ2n) is 6.69. The van der Waals surface area contributed by atoms with Crippen LogP contribution >= 0.6 is 0 Å². The molecule has 0 radical (unpaired) electrons. The Morgan fingerprint density at radius 2 is 2.00 bits per heavy atom. The van der Waals surface area contributed by atoms with Crippen LogP contribution in [0.5, 0.6) is 0 Å². The summed E-state index contributed by atoms with van der Waals surface area (Å²) in [6.07, 6.45) is 4.13. The van der Waals surface area contributed by atoms with Gasteiger partial charge in [0.15, 0.2) is 0 Å². The van der Waals surface area contributed by atoms with Crippen LogP contribution in [-0.4, -0.2) is 62.2 Å². The minimum atomic E-state index is 0.689. The Balaban J connectivity index is 1.83. The van der Waals surface area contributed by atoms with Gasteiger partial charge in [0.2, 0.25) is 0 Å². The standard InChI is InChI=1S/C15H31N3/c1-13(2)15-12-18(9-5-7-16-15)11-14-6-4-8-17(3)10-14/h13-16H,4-12H2,1-3H3. The van der Waals surface area contributed by atoms with Gasteiger partial charge in [0.05, 0.1) is 0 Å². The van der Waals surface area contributed by atoms with Crippen molar-refractivity contribution in [1.29, 1.82) is 0 Å². The van der Waals surface area contributed by atoms with E-state index in [-0.39, 0.29) is 0 Å². The van der Waals surface area contributed by atoms with Crippen LogP contribution in [0.1, 0.15) is 33.1 Å². The highest BCUT2D eigenvalue weighted by molar-refractivity contribution is 4.81. The number of hydrogen-bond donors (Lipinski definition) is 1. The van der Waals surface area contributed by atoms with Crippen molar-refractivity contribution >= 4 is 0 Å². The molecule has 2 aliphatic heterocycles. The zero-order valence-corrected chi connectivity index (χ0v) is 12.5. The van der Waals surface area contributed by atoms with Crippen LogP contribution in [0.4, 0.5) is 0 Å². The predicted octanol–water partition coefficient (Wildman–Crippen LogP) is 1.65. The van der Waals surface area contributed by atoms with Gasteiger partial charge in [0, 0.05) is 25.7 Å². The van der Waals surface area contributed by atoms with Crippen molar-refractivity contribution in [2.45, 2.75) is 39.2 Å². The molecule has 0 spiro atoms. The van der Waals surface area contributed by atoms with Gasteiger partial charge in [-0.15, -0.1) is 0 Å². The van der Waals surface area contributed by atoms with Crippen LogP contribution in [0.2, 0.25) is 0 Å². The Kier molecular flexibility index (Phi) is 5.46. The minimum absolute atomic E-state index is 0.689. The van der Waals surface area contributed by atoms with Crippen molar-refractivity contribution in [3.8, 4) is 0 Å². The SMILES string of the molecule is CC(C)C1CN(CC2CCCN(C)C2)CCCN1. The minimum Gasteiger partial charge on any atom is -0.312 e. The van der Waals surface area contributed by atoms with Crippen molar-refractivity contribution in [2.24, 2.45) is 11.8 Å². The number of rotatable bonds is 3. The molecule has 2 saturated heterocycles. The molecule has 18 heavy (non-hydrogen) atoms. The van der Waals surface area contributed by atoms with E-state index in [0.29, 0.717) is 6.04 Å². The molecule has 0 aromatic rings. The van der Waals surface area contributed by atoms with Crippen LogP contribution in [0.3, 0.4) is 0 Å². The Morgan fingerprint density at radius 3 is 2.72 bits per heavy atom. The van der Waals surface area contributed by atoms with Crippen molar-refractivity contribution in [1.82, 2.24) is 15.1 Å². The van der Waals surface area contributed by atoms with Crippen molar-refractivity contribution < 1.29 is 0 Å². The van der Waals surface area contributed by atoms with E-state index < -0.39 is 0 Å². The molecule has 0 amide bonds. The molecule has 0 bridgehead atoms. The molecule has 0 saturated carbocycles. The van der Waals surface area contributed by atoms with E-state index in [1.54, 1.807) is 0 Å². The number of likely N-dealkylation sites (tertiary alicyclic amines) is 1. The lowest BCUT2D eigenvalue weighted by Crippen LogP contribution is -2.44. The lowest BCUT2D eigenvalue weighted by Gasteiger charge is -2.34. The van der Waals surface area contributed by atoms with Crippen molar-refractivity contribution in [2.75, 3.05) is 46.3 Å². The largest absolute Gasteiger partial charge is 0.312 e. The molecule has 2 heterocycles. The fraction of sp³-hybridized carbons (Fsp3) is 1.00. The summed E-state index contributed by atoms with van der Waals surface area (Å²) in [5.74, 6) is 1.65. The van der Waals surface area contributed by atoms with Crippen LogP contribution in [0, 0.1) is 11.8 Å². The highest BCUT2D eigenvalue weighted by atomic mass is 15.2. The summed E-state index contributed by atoms with van der Waals surface area (Å²) >= 11 is 0. The number of nitrogens with one attached hydrogen (secondary N) is 1. The van der Waals surface area contributed by atoms with E-state index in [2.05, 4.69) is 36.0 Å². The summed E-state index contributed by atoms with van der Waals surface area (Å²) in [4.78, 5) is 5.22. The lowest BCUT2D eigenvalue weighted by molar-refractivity contribution is 0.146. The molecule has 0 aromatic heterocycles. The van der Waals surface area contributed by atoms with Gasteiger partial charge >= 0.3 is 0 Å². The number of piperidine rings is 1. The van der Waals surface area contributed by atoms with Gasteiger partial charge in [-0.1, -0.05) is 13.8 Å². The van der Waals surface area contributed by atoms with E-state index in [0.717, 1.165) is 11.8 Å². The molecule has 2 rings (SSSR count). The normalized spacial score (nSPS) is 32.7. The zero-order chi connectivity index (χ0) is 13.0. The monoisotopic (exact) mass is 253 g/mol. The molecule has 2 atom stereocenters. The van der Waals surface area contributed by atoms with E-state index in [4.69, 9.17) is 0 Å². The van der Waals surface area contributed by atoms with Crippen LogP contribution in [0.25, 0.3) is 0 Å². The quantitative estimate of drug-likeness (QED) is 0.825. The molecule has 2 unspecified atom stereocenters. The first-order chi connectivity index (χ1) is 8.65. The molecule has 3 heteroatoms. The van der Waals surface area contributed by atoms with Crippen molar-refractivity contribution in [3.63, 3.8) is 0 Å². The molecular weight excluding hydrogens is 222 g/mol. The van der Waals surface area contributed by atoms with E-state index in [1.165, 1.54) is 58.5 Å². The van der Waals surface area contributed by atoms with Crippen LogP contribution < -0.4 is 5.32 Å². The fourth-order valence-corrected chi connectivity index (χ4v) is 3.42. The Morgan fingerprint density at radius 1 is 1.17 bits per heavy atom. The zero-order valence-electron chi connectivity index (χ0n) is 12.5. The van der Waals surface area contributed by atoms with Crippen LogP contribution in [0.15, 0.2) is 0 Å². The summed E-state index contributed by atoms with van der Waals surface area (Å²) in [7, 11) is 2.27. The van der Waals surface area contributed by atoms with Gasteiger partial charge in [0.25, 0.3) is 0 Å². The average Bonchev–Trinajstić information content (AvgIpc) is 2.55. The first-order valence-corrected chi connectivity index (χ1v) is 7.79. The highest BCUT2D eigenvalue weighted by Gasteiger charge is 2.24. The smallest absolute Gasteiger partial charge is 0.0217 e. The predicted molar refractivity (Wildman–Crippen MR) is 77.9 cm³/mol. The molecule has 0 aromatic carbocycles. The second-order valence-corrected chi connectivity index (χ2v) is 6.69. The number of hydrogen-bond acceptors (Lipinski definition) is 3. The molecule has 0 aliphatic carbocycles. The molecule has 2 aliphatic rings. The van der Waals surface area contributed by atoms with Gasteiger partial charge in [-0.25, -0.2) is 0 Å². The van der Waals surface area contributed by atoms with Gasteiger partial charge in [-0.05, 0) is 57.8 Å². The number of nitrogens with zero attached hydrogens (tertiary/aromatic N) is 2. The van der Waals surface area contributed by atoms with E-state index in [9.17, 15) is 0 Å². The summed E-state index contributed by atoms with van der Waals surface area (Å²) in [6, 6.07) is 0.689. The Hall–Kier alpha value is -0.120. The lowest BCUT2D eigenvalue weighted by atomic mass is 9.97. The maximum Gasteiger partial charge on any atom is 0.0217 e. The van der Waals surface area contributed by atoms with Gasteiger partial charge in [-0.2, -0.15) is 0 Å². The first kappa shape index (κ1) is 14.3. The molecule has 106 valence electrons. The third-order valence-electron chi connectivity index (χ3n) is 4.56. The first-order valence-electron chi connectivity index (χ1n) is 7.79. The molecule has 3 nitrogen and oxygen atoms in total. The van der Waals surface area contributed by atoms with E-state index in [1.807, 2.05) is 0 Å². The van der Waals surface area contributed by atoms with Crippen LogP contribution in [-0.2, 0) is 0 Å². The summed E-state index contributed by atoms with van der Waals surface area (Å²) in [6.45, 7) is 12.3. The topological polar surface area (TPSA) is 18.5 Å². The Bertz CT molecular complexity index is 242. The average molecular weight is 253 g/mol. The highest BCUT2D eigenvalue weighted by Crippen LogP contribution is 2.18. The second kappa shape index (κ2) is 6.88. The summed E-state index contributed by atoms with van der Waals surface area (Å²) < 4.78 is 0. The van der Waals surface area contributed by atoms with Crippen molar-refractivity contribution in [3.05, 3.63) is 0 Å². The maximum absolute atomic E-state index is 3.70. The molecule has 1 N–H and O–H groups in total.